The molecule has 3 N–H and O–H groups in total. The molecule has 0 spiro atoms. The molecule has 184 valence electrons. The number of carbonyl (C=O) groups is 3. The van der Waals surface area contributed by atoms with E-state index < -0.39 is 35.5 Å². The highest BCUT2D eigenvalue weighted by Gasteiger charge is 2.49. The number of alkyl carbamates (subject to hydrolysis) is 1. The first kappa shape index (κ1) is 23.4. The molecule has 8 nitrogen and oxygen atoms in total. The van der Waals surface area contributed by atoms with E-state index in [1.165, 1.54) is 0 Å². The van der Waals surface area contributed by atoms with Gasteiger partial charge in [0.25, 0.3) is 0 Å². The van der Waals surface area contributed by atoms with Crippen molar-refractivity contribution >= 4 is 18.0 Å². The molecule has 2 aromatic carbocycles. The van der Waals surface area contributed by atoms with Gasteiger partial charge in [0.1, 0.15) is 6.61 Å². The van der Waals surface area contributed by atoms with Crippen molar-refractivity contribution in [1.82, 2.24) is 10.6 Å². The van der Waals surface area contributed by atoms with Gasteiger partial charge in [-0.15, -0.1) is 0 Å². The van der Waals surface area contributed by atoms with E-state index in [9.17, 15) is 19.5 Å². The summed E-state index contributed by atoms with van der Waals surface area (Å²) in [6.45, 7) is 2.23. The van der Waals surface area contributed by atoms with Crippen LogP contribution >= 0.6 is 0 Å². The molecule has 0 bridgehead atoms. The summed E-state index contributed by atoms with van der Waals surface area (Å²) < 4.78 is 11.2. The molecule has 4 atom stereocenters. The quantitative estimate of drug-likeness (QED) is 0.587. The van der Waals surface area contributed by atoms with Crippen LogP contribution in [0, 0.1) is 11.3 Å². The second-order valence-corrected chi connectivity index (χ2v) is 9.91. The van der Waals surface area contributed by atoms with Crippen LogP contribution in [0.5, 0.6) is 0 Å². The maximum absolute atomic E-state index is 13.1. The maximum atomic E-state index is 13.1. The standard InChI is InChI=1S/C27H30N2O6/c1-27(25(32)28-22-12-6-11-20(22)24(30)31)15-34-14-23(27)29-26(33)35-13-21-18-9-4-2-7-16(18)17-8-3-5-10-19(17)21/h2-5,7-10,20-23H,6,11-15H2,1H3,(H,28,32)(H,29,33)(H,30,31)/t20-,22+,23?,27?/m0/s1. The van der Waals surface area contributed by atoms with Gasteiger partial charge >= 0.3 is 12.1 Å². The third-order valence-corrected chi connectivity index (χ3v) is 7.76. The van der Waals surface area contributed by atoms with Gasteiger partial charge < -0.3 is 25.2 Å². The molecule has 1 heterocycles. The van der Waals surface area contributed by atoms with Gasteiger partial charge in [0.15, 0.2) is 0 Å². The van der Waals surface area contributed by atoms with Crippen LogP contribution in [-0.2, 0) is 19.1 Å². The average molecular weight is 479 g/mol. The summed E-state index contributed by atoms with van der Waals surface area (Å²) in [5.41, 5.74) is 3.53. The van der Waals surface area contributed by atoms with Crippen molar-refractivity contribution < 1.29 is 29.0 Å². The highest BCUT2D eigenvalue weighted by Crippen LogP contribution is 2.44. The molecule has 2 aromatic rings. The minimum absolute atomic E-state index is 0.0574. The Morgan fingerprint density at radius 3 is 2.34 bits per heavy atom. The molecule has 2 unspecified atom stereocenters. The first-order chi connectivity index (χ1) is 16.9. The van der Waals surface area contributed by atoms with Crippen molar-refractivity contribution in [1.29, 1.82) is 0 Å². The van der Waals surface area contributed by atoms with Gasteiger partial charge in [-0.3, -0.25) is 9.59 Å². The highest BCUT2D eigenvalue weighted by atomic mass is 16.5. The van der Waals surface area contributed by atoms with E-state index >= 15 is 0 Å². The second-order valence-electron chi connectivity index (χ2n) is 9.91. The smallest absolute Gasteiger partial charge is 0.407 e. The van der Waals surface area contributed by atoms with E-state index in [-0.39, 0.29) is 31.6 Å². The van der Waals surface area contributed by atoms with Crippen molar-refractivity contribution in [3.8, 4) is 11.1 Å². The molecule has 5 rings (SSSR count). The molecular weight excluding hydrogens is 448 g/mol. The number of hydrogen-bond donors (Lipinski definition) is 3. The van der Waals surface area contributed by atoms with E-state index in [1.807, 2.05) is 24.3 Å². The molecule has 1 saturated carbocycles. The number of amides is 2. The summed E-state index contributed by atoms with van der Waals surface area (Å²) in [5, 5.41) is 15.1. The van der Waals surface area contributed by atoms with Crippen molar-refractivity contribution in [3.05, 3.63) is 59.7 Å². The lowest BCUT2D eigenvalue weighted by Gasteiger charge is -2.31. The molecule has 35 heavy (non-hydrogen) atoms. The lowest BCUT2D eigenvalue weighted by molar-refractivity contribution is -0.142. The Morgan fingerprint density at radius 1 is 1.03 bits per heavy atom. The monoisotopic (exact) mass is 478 g/mol. The summed E-state index contributed by atoms with van der Waals surface area (Å²) in [5.74, 6) is -1.84. The lowest BCUT2D eigenvalue weighted by atomic mass is 9.83. The van der Waals surface area contributed by atoms with Crippen LogP contribution in [0.3, 0.4) is 0 Å². The zero-order chi connectivity index (χ0) is 24.6. The number of carboxylic acid groups (broad SMARTS) is 1. The predicted octanol–water partition coefficient (Wildman–Crippen LogP) is 3.30. The van der Waals surface area contributed by atoms with E-state index in [4.69, 9.17) is 9.47 Å². The molecule has 1 saturated heterocycles. The number of fused-ring (bicyclic) bond motifs is 3. The number of nitrogens with one attached hydrogen (secondary N) is 2. The number of aliphatic carboxylic acids is 1. The van der Waals surface area contributed by atoms with E-state index in [0.29, 0.717) is 12.8 Å². The second kappa shape index (κ2) is 9.34. The number of carbonyl (C=O) groups excluding carboxylic acids is 2. The summed E-state index contributed by atoms with van der Waals surface area (Å²) in [6, 6.07) is 15.2. The van der Waals surface area contributed by atoms with Gasteiger partial charge in [-0.1, -0.05) is 55.0 Å². The van der Waals surface area contributed by atoms with Crippen LogP contribution in [0.15, 0.2) is 48.5 Å². The van der Waals surface area contributed by atoms with Crippen LogP contribution in [0.25, 0.3) is 11.1 Å². The lowest BCUT2D eigenvalue weighted by Crippen LogP contribution is -2.56. The number of benzene rings is 2. The van der Waals surface area contributed by atoms with E-state index in [1.54, 1.807) is 6.92 Å². The first-order valence-electron chi connectivity index (χ1n) is 12.1. The van der Waals surface area contributed by atoms with E-state index in [2.05, 4.69) is 34.9 Å². The van der Waals surface area contributed by atoms with Crippen molar-refractivity contribution in [2.75, 3.05) is 19.8 Å². The molecule has 0 aromatic heterocycles. The van der Waals surface area contributed by atoms with Crippen LogP contribution < -0.4 is 10.6 Å². The zero-order valence-electron chi connectivity index (χ0n) is 19.7. The molecule has 2 amide bonds. The summed E-state index contributed by atoms with van der Waals surface area (Å²) >= 11 is 0. The van der Waals surface area contributed by atoms with Gasteiger partial charge in [0.05, 0.1) is 30.6 Å². The van der Waals surface area contributed by atoms with Crippen molar-refractivity contribution in [2.24, 2.45) is 11.3 Å². The fourth-order valence-electron chi connectivity index (χ4n) is 5.64. The SMILES string of the molecule is CC1(C(=O)N[C@@H]2CCC[C@@H]2C(=O)O)COCC1NC(=O)OCC1c2ccccc2-c2ccccc21. The Kier molecular flexibility index (Phi) is 6.23. The predicted molar refractivity (Wildman–Crippen MR) is 128 cm³/mol. The van der Waals surface area contributed by atoms with Gasteiger partial charge in [0.2, 0.25) is 5.91 Å². The maximum Gasteiger partial charge on any atom is 0.407 e. The third kappa shape index (κ3) is 4.27. The first-order valence-corrected chi connectivity index (χ1v) is 12.1. The fourth-order valence-corrected chi connectivity index (χ4v) is 5.64. The molecule has 2 fully saturated rings. The Bertz CT molecular complexity index is 1100. The molecule has 1 aliphatic heterocycles. The fraction of sp³-hybridized carbons (Fsp3) is 0.444. The van der Waals surface area contributed by atoms with E-state index in [0.717, 1.165) is 28.7 Å². The van der Waals surface area contributed by atoms with Gasteiger partial charge in [-0.2, -0.15) is 0 Å². The minimum atomic E-state index is -1.02. The summed E-state index contributed by atoms with van der Waals surface area (Å²) in [7, 11) is 0. The van der Waals surface area contributed by atoms with Crippen molar-refractivity contribution in [2.45, 2.75) is 44.2 Å². The Hall–Kier alpha value is -3.39. The Morgan fingerprint density at radius 2 is 1.69 bits per heavy atom. The molecule has 2 aliphatic carbocycles. The Labute approximate surface area is 204 Å². The molecular formula is C27H30N2O6. The number of carboxylic acids is 1. The third-order valence-electron chi connectivity index (χ3n) is 7.76. The highest BCUT2D eigenvalue weighted by molar-refractivity contribution is 5.85. The molecule has 3 aliphatic rings. The zero-order valence-corrected chi connectivity index (χ0v) is 19.7. The van der Waals surface area contributed by atoms with Gasteiger partial charge in [-0.05, 0) is 42.0 Å². The minimum Gasteiger partial charge on any atom is -0.481 e. The van der Waals surface area contributed by atoms with Gasteiger partial charge in [0, 0.05) is 12.0 Å². The van der Waals surface area contributed by atoms with Crippen LogP contribution in [0.2, 0.25) is 0 Å². The van der Waals surface area contributed by atoms with Crippen LogP contribution in [0.4, 0.5) is 4.79 Å². The summed E-state index contributed by atoms with van der Waals surface area (Å²) in [6.07, 6.45) is 1.33. The number of hydrogen-bond acceptors (Lipinski definition) is 5. The summed E-state index contributed by atoms with van der Waals surface area (Å²) in [4.78, 5) is 37.4. The number of rotatable bonds is 6. The van der Waals surface area contributed by atoms with Crippen molar-refractivity contribution in [3.63, 3.8) is 0 Å². The van der Waals surface area contributed by atoms with Gasteiger partial charge in [-0.25, -0.2) is 4.79 Å². The largest absolute Gasteiger partial charge is 0.481 e. The number of ether oxygens (including phenoxy) is 2. The molecule has 8 heteroatoms. The Balaban J connectivity index is 1.22. The normalized spacial score (nSPS) is 27.2. The van der Waals surface area contributed by atoms with Crippen LogP contribution in [0.1, 0.15) is 43.2 Å². The average Bonchev–Trinajstić information content (AvgIpc) is 3.55. The van der Waals surface area contributed by atoms with Crippen LogP contribution in [-0.4, -0.2) is 55.0 Å². The topological polar surface area (TPSA) is 114 Å². The molecule has 0 radical (unpaired) electrons.